The zero-order chi connectivity index (χ0) is 18.1. The predicted octanol–water partition coefficient (Wildman–Crippen LogP) is 2.14. The topological polar surface area (TPSA) is 78.8 Å². The van der Waals surface area contributed by atoms with Crippen molar-refractivity contribution in [1.29, 1.82) is 0 Å². The van der Waals surface area contributed by atoms with Gasteiger partial charge in [-0.3, -0.25) is 0 Å². The summed E-state index contributed by atoms with van der Waals surface area (Å²) in [6.07, 6.45) is 1.24. The van der Waals surface area contributed by atoms with Gasteiger partial charge in [-0.15, -0.1) is 0 Å². The lowest BCUT2D eigenvalue weighted by Crippen LogP contribution is -2.48. The summed E-state index contributed by atoms with van der Waals surface area (Å²) in [6.45, 7) is 2.33. The molecule has 0 aliphatic heterocycles. The number of hydrogen-bond donors (Lipinski definition) is 3. The largest absolute Gasteiger partial charge is 0.475 e. The number of aryl methyl sites for hydroxylation is 1. The first-order valence-electron chi connectivity index (χ1n) is 8.49. The molecule has 6 heteroatoms. The van der Waals surface area contributed by atoms with Crippen LogP contribution in [0.4, 0.5) is 4.79 Å². The van der Waals surface area contributed by atoms with Gasteiger partial charge in [0.15, 0.2) is 0 Å². The molecule has 0 spiro atoms. The Morgan fingerprint density at radius 3 is 2.44 bits per heavy atom. The van der Waals surface area contributed by atoms with E-state index in [9.17, 15) is 14.8 Å². The van der Waals surface area contributed by atoms with Crippen molar-refractivity contribution in [2.24, 2.45) is 0 Å². The van der Waals surface area contributed by atoms with Gasteiger partial charge in [0, 0.05) is 6.42 Å². The van der Waals surface area contributed by atoms with Crippen molar-refractivity contribution in [3.05, 3.63) is 71.3 Å². The van der Waals surface area contributed by atoms with Crippen LogP contribution in [0.25, 0.3) is 0 Å². The van der Waals surface area contributed by atoms with E-state index >= 15 is 0 Å². The smallest absolute Gasteiger partial charge is 0.449 e. The van der Waals surface area contributed by atoms with Gasteiger partial charge >= 0.3 is 13.2 Å². The Balaban J connectivity index is 1.80. The van der Waals surface area contributed by atoms with Crippen LogP contribution in [0.3, 0.4) is 0 Å². The molecule has 5 nitrogen and oxygen atoms in total. The maximum absolute atomic E-state index is 11.9. The van der Waals surface area contributed by atoms with E-state index < -0.39 is 19.2 Å². The van der Waals surface area contributed by atoms with Crippen molar-refractivity contribution < 1.29 is 19.6 Å². The number of ether oxygens (including phenoxy) is 1. The first-order valence-corrected chi connectivity index (χ1v) is 8.49. The number of carbonyl (C=O) groups excluding carboxylic acids is 1. The van der Waals surface area contributed by atoms with E-state index in [-0.39, 0.29) is 6.61 Å². The molecule has 0 saturated heterocycles. The molecular formula is C19H24BNO4. The predicted molar refractivity (Wildman–Crippen MR) is 98.1 cm³/mol. The van der Waals surface area contributed by atoms with Gasteiger partial charge in [0.05, 0.1) is 12.5 Å². The van der Waals surface area contributed by atoms with Gasteiger partial charge in [0.2, 0.25) is 0 Å². The van der Waals surface area contributed by atoms with Crippen molar-refractivity contribution in [2.45, 2.75) is 32.1 Å². The van der Waals surface area contributed by atoms with Gasteiger partial charge in [0.1, 0.15) is 0 Å². The lowest BCUT2D eigenvalue weighted by Gasteiger charge is -2.17. The van der Waals surface area contributed by atoms with Crippen LogP contribution in [0.2, 0.25) is 0 Å². The average molecular weight is 341 g/mol. The Morgan fingerprint density at radius 1 is 1.08 bits per heavy atom. The molecule has 2 aromatic rings. The van der Waals surface area contributed by atoms with Crippen molar-refractivity contribution in [2.75, 3.05) is 6.61 Å². The molecule has 25 heavy (non-hydrogen) atoms. The Hall–Kier alpha value is -2.31. The van der Waals surface area contributed by atoms with Crippen LogP contribution < -0.4 is 5.32 Å². The second-order valence-corrected chi connectivity index (χ2v) is 5.91. The Kier molecular flexibility index (Phi) is 7.50. The third kappa shape index (κ3) is 6.60. The molecule has 3 N–H and O–H groups in total. The fraction of sp³-hybridized carbons (Fsp3) is 0.316. The minimum absolute atomic E-state index is 0.235. The lowest BCUT2D eigenvalue weighted by atomic mass is 9.76. The van der Waals surface area contributed by atoms with Gasteiger partial charge in [0.25, 0.3) is 0 Å². The van der Waals surface area contributed by atoms with Crippen LogP contribution >= 0.6 is 0 Å². The number of alkyl carbamates (subject to hydrolysis) is 1. The zero-order valence-corrected chi connectivity index (χ0v) is 14.4. The number of amides is 1. The van der Waals surface area contributed by atoms with E-state index in [0.29, 0.717) is 12.8 Å². The second kappa shape index (κ2) is 9.86. The molecule has 0 radical (unpaired) electrons. The molecule has 1 amide bonds. The van der Waals surface area contributed by atoms with E-state index in [1.165, 1.54) is 5.56 Å². The summed E-state index contributed by atoms with van der Waals surface area (Å²) in [5.74, 6) is -0.821. The highest BCUT2D eigenvalue weighted by atomic mass is 16.5. The molecule has 132 valence electrons. The quantitative estimate of drug-likeness (QED) is 0.643. The molecule has 0 aliphatic carbocycles. The summed E-state index contributed by atoms with van der Waals surface area (Å²) in [5, 5.41) is 21.5. The molecule has 2 aromatic carbocycles. The Morgan fingerprint density at radius 2 is 1.76 bits per heavy atom. The van der Waals surface area contributed by atoms with Gasteiger partial charge in [-0.25, -0.2) is 4.79 Å². The van der Waals surface area contributed by atoms with E-state index in [1.807, 2.05) is 42.5 Å². The first kappa shape index (κ1) is 19.0. The summed E-state index contributed by atoms with van der Waals surface area (Å²) >= 11 is 0. The monoisotopic (exact) mass is 341 g/mol. The summed E-state index contributed by atoms with van der Waals surface area (Å²) in [5.41, 5.74) is 3.25. The van der Waals surface area contributed by atoms with Crippen LogP contribution in [-0.2, 0) is 24.0 Å². The maximum atomic E-state index is 11.9. The highest BCUT2D eigenvalue weighted by Crippen LogP contribution is 2.07. The molecule has 0 bridgehead atoms. The van der Waals surface area contributed by atoms with E-state index in [4.69, 9.17) is 4.74 Å². The fourth-order valence-corrected chi connectivity index (χ4v) is 2.56. The van der Waals surface area contributed by atoms with Crippen LogP contribution in [-0.4, -0.2) is 35.8 Å². The first-order chi connectivity index (χ1) is 12.1. The van der Waals surface area contributed by atoms with Crippen LogP contribution in [0, 0.1) is 0 Å². The molecular weight excluding hydrogens is 317 g/mol. The van der Waals surface area contributed by atoms with Crippen molar-refractivity contribution in [3.63, 3.8) is 0 Å². The summed E-state index contributed by atoms with van der Waals surface area (Å²) in [4.78, 5) is 11.9. The summed E-state index contributed by atoms with van der Waals surface area (Å²) in [6, 6.07) is 17.5. The van der Waals surface area contributed by atoms with Gasteiger partial charge in [-0.2, -0.15) is 0 Å². The third-order valence-electron chi connectivity index (χ3n) is 3.99. The van der Waals surface area contributed by atoms with Crippen molar-refractivity contribution >= 4 is 13.2 Å². The molecule has 0 aliphatic rings. The normalized spacial score (nSPS) is 11.6. The SMILES string of the molecule is CCc1cccc(CCOC(=O)NC(Cc2ccccc2)B(O)O)c1. The van der Waals surface area contributed by atoms with Crippen molar-refractivity contribution in [1.82, 2.24) is 5.32 Å². The molecule has 0 saturated carbocycles. The fourth-order valence-electron chi connectivity index (χ4n) is 2.56. The molecule has 0 heterocycles. The van der Waals surface area contributed by atoms with Crippen molar-refractivity contribution in [3.8, 4) is 0 Å². The number of hydrogen-bond acceptors (Lipinski definition) is 4. The van der Waals surface area contributed by atoms with Crippen LogP contribution in [0.5, 0.6) is 0 Å². The summed E-state index contributed by atoms with van der Waals surface area (Å²) < 4.78 is 5.17. The van der Waals surface area contributed by atoms with Gasteiger partial charge in [-0.05, 0) is 29.5 Å². The number of rotatable bonds is 8. The number of benzene rings is 2. The number of nitrogens with one attached hydrogen (secondary N) is 1. The Labute approximate surface area is 148 Å². The minimum atomic E-state index is -1.66. The van der Waals surface area contributed by atoms with E-state index in [0.717, 1.165) is 17.5 Å². The van der Waals surface area contributed by atoms with Crippen LogP contribution in [0.15, 0.2) is 54.6 Å². The highest BCUT2D eigenvalue weighted by molar-refractivity contribution is 6.43. The lowest BCUT2D eigenvalue weighted by molar-refractivity contribution is 0.144. The highest BCUT2D eigenvalue weighted by Gasteiger charge is 2.26. The van der Waals surface area contributed by atoms with Gasteiger partial charge < -0.3 is 20.1 Å². The number of carbonyl (C=O) groups is 1. The van der Waals surface area contributed by atoms with E-state index in [1.54, 1.807) is 0 Å². The van der Waals surface area contributed by atoms with Gasteiger partial charge in [-0.1, -0.05) is 61.5 Å². The maximum Gasteiger partial charge on any atom is 0.475 e. The summed E-state index contributed by atoms with van der Waals surface area (Å²) in [7, 11) is -1.66. The zero-order valence-electron chi connectivity index (χ0n) is 14.4. The second-order valence-electron chi connectivity index (χ2n) is 5.91. The standard InChI is InChI=1S/C19H24BNO4/c1-2-15-9-6-10-17(13-15)11-12-25-19(22)21-18(20(23)24)14-16-7-4-3-5-8-16/h3-10,13,18,23-24H,2,11-12,14H2,1H3,(H,21,22). The average Bonchev–Trinajstić information content (AvgIpc) is 2.62. The molecule has 0 fully saturated rings. The third-order valence-corrected chi connectivity index (χ3v) is 3.99. The molecule has 1 atom stereocenters. The molecule has 0 aromatic heterocycles. The van der Waals surface area contributed by atoms with E-state index in [2.05, 4.69) is 24.4 Å². The molecule has 1 unspecified atom stereocenters. The minimum Gasteiger partial charge on any atom is -0.449 e. The molecule has 2 rings (SSSR count). The Bertz CT molecular complexity index is 663. The van der Waals surface area contributed by atoms with Crippen LogP contribution in [0.1, 0.15) is 23.6 Å².